The van der Waals surface area contributed by atoms with E-state index in [0.717, 1.165) is 45.7 Å². The molecule has 1 aliphatic heterocycles. The number of aromatic nitrogens is 3. The number of halogens is 1. The van der Waals surface area contributed by atoms with Gasteiger partial charge in [-0.15, -0.1) is 0 Å². The molecule has 0 atom stereocenters. The zero-order valence-corrected chi connectivity index (χ0v) is 13.8. The molecule has 1 fully saturated rings. The summed E-state index contributed by atoms with van der Waals surface area (Å²) in [6, 6.07) is 10.5. The molecule has 1 saturated heterocycles. The van der Waals surface area contributed by atoms with Crippen LogP contribution in [0.3, 0.4) is 0 Å². The average molecular weight is 357 g/mol. The summed E-state index contributed by atoms with van der Waals surface area (Å²) in [6.07, 6.45) is 5.47. The van der Waals surface area contributed by atoms with Gasteiger partial charge in [0.2, 0.25) is 0 Å². The number of nitrogens with one attached hydrogen (secondary N) is 1. The van der Waals surface area contributed by atoms with Gasteiger partial charge in [0.1, 0.15) is 17.8 Å². The lowest BCUT2D eigenvalue weighted by atomic mass is 10.1. The first kappa shape index (κ1) is 13.8. The average Bonchev–Trinajstić information content (AvgIpc) is 3.00. The quantitative estimate of drug-likeness (QED) is 0.740. The molecule has 2 aromatic heterocycles. The Morgan fingerprint density at radius 2 is 1.77 bits per heavy atom. The highest BCUT2D eigenvalue weighted by Gasteiger charge is 2.17. The summed E-state index contributed by atoms with van der Waals surface area (Å²) in [5.41, 5.74) is 3.15. The van der Waals surface area contributed by atoms with Crippen molar-refractivity contribution in [3.05, 3.63) is 41.1 Å². The minimum atomic E-state index is 0.911. The van der Waals surface area contributed by atoms with Crippen LogP contribution in [-0.2, 0) is 0 Å². The van der Waals surface area contributed by atoms with Crippen molar-refractivity contribution in [2.24, 2.45) is 0 Å². The first-order valence-corrected chi connectivity index (χ1v) is 8.45. The Morgan fingerprint density at radius 1 is 1.00 bits per heavy atom. The van der Waals surface area contributed by atoms with Gasteiger partial charge in [-0.2, -0.15) is 0 Å². The van der Waals surface area contributed by atoms with Gasteiger partial charge in [0.15, 0.2) is 0 Å². The van der Waals surface area contributed by atoms with Gasteiger partial charge in [-0.3, -0.25) is 0 Å². The van der Waals surface area contributed by atoms with Crippen LogP contribution in [0.25, 0.3) is 22.3 Å². The smallest absolute Gasteiger partial charge is 0.143 e. The van der Waals surface area contributed by atoms with Crippen LogP contribution >= 0.6 is 15.9 Å². The third-order valence-electron chi connectivity index (χ3n) is 4.22. The fourth-order valence-corrected chi connectivity index (χ4v) is 3.33. The monoisotopic (exact) mass is 356 g/mol. The van der Waals surface area contributed by atoms with Gasteiger partial charge in [0.25, 0.3) is 0 Å². The number of aromatic amines is 1. The molecular formula is C17H17BrN4. The summed E-state index contributed by atoms with van der Waals surface area (Å²) in [7, 11) is 0. The maximum absolute atomic E-state index is 4.54. The van der Waals surface area contributed by atoms with Gasteiger partial charge in [0.05, 0.1) is 5.39 Å². The number of nitrogens with zero attached hydrogens (tertiary/aromatic N) is 3. The minimum Gasteiger partial charge on any atom is -0.356 e. The van der Waals surface area contributed by atoms with E-state index in [4.69, 9.17) is 0 Å². The minimum absolute atomic E-state index is 0.911. The molecule has 0 saturated carbocycles. The molecule has 0 unspecified atom stereocenters. The Kier molecular flexibility index (Phi) is 3.58. The molecule has 5 heteroatoms. The highest BCUT2D eigenvalue weighted by molar-refractivity contribution is 9.10. The summed E-state index contributed by atoms with van der Waals surface area (Å²) >= 11 is 3.48. The van der Waals surface area contributed by atoms with Crippen LogP contribution in [0.4, 0.5) is 5.82 Å². The topological polar surface area (TPSA) is 44.8 Å². The number of hydrogen-bond donors (Lipinski definition) is 1. The number of rotatable bonds is 2. The SMILES string of the molecule is Brc1ccc(-c2cc3c(N4CCCCC4)ncnc3[nH]2)cc1. The van der Waals surface area contributed by atoms with E-state index in [9.17, 15) is 0 Å². The van der Waals surface area contributed by atoms with Crippen molar-refractivity contribution in [2.45, 2.75) is 19.3 Å². The van der Waals surface area contributed by atoms with Crippen LogP contribution in [0.1, 0.15) is 19.3 Å². The van der Waals surface area contributed by atoms with Crippen LogP contribution < -0.4 is 4.90 Å². The number of benzene rings is 1. The van der Waals surface area contributed by atoms with Crippen molar-refractivity contribution in [2.75, 3.05) is 18.0 Å². The fraction of sp³-hybridized carbons (Fsp3) is 0.294. The molecule has 1 aromatic carbocycles. The van der Waals surface area contributed by atoms with E-state index in [-0.39, 0.29) is 0 Å². The van der Waals surface area contributed by atoms with Crippen LogP contribution in [0, 0.1) is 0 Å². The molecule has 0 radical (unpaired) electrons. The highest BCUT2D eigenvalue weighted by atomic mass is 79.9. The summed E-state index contributed by atoms with van der Waals surface area (Å²) in [4.78, 5) is 14.7. The molecule has 1 N–H and O–H groups in total. The number of piperidine rings is 1. The Balaban J connectivity index is 1.78. The summed E-state index contributed by atoms with van der Waals surface area (Å²) < 4.78 is 1.08. The van der Waals surface area contributed by atoms with Gasteiger partial charge in [-0.05, 0) is 43.0 Å². The predicted octanol–water partition coefficient (Wildman–Crippen LogP) is 4.38. The zero-order valence-electron chi connectivity index (χ0n) is 12.2. The summed E-state index contributed by atoms with van der Waals surface area (Å²) in [5, 5.41) is 1.11. The molecular weight excluding hydrogens is 340 g/mol. The molecule has 3 aromatic rings. The van der Waals surface area contributed by atoms with E-state index in [0.29, 0.717) is 0 Å². The molecule has 1 aliphatic rings. The van der Waals surface area contributed by atoms with E-state index in [1.165, 1.54) is 19.3 Å². The van der Waals surface area contributed by atoms with Crippen LogP contribution in [0.2, 0.25) is 0 Å². The van der Waals surface area contributed by atoms with Gasteiger partial charge < -0.3 is 9.88 Å². The molecule has 0 bridgehead atoms. The predicted molar refractivity (Wildman–Crippen MR) is 93.1 cm³/mol. The van der Waals surface area contributed by atoms with E-state index in [1.54, 1.807) is 6.33 Å². The second-order valence-electron chi connectivity index (χ2n) is 5.70. The highest BCUT2D eigenvalue weighted by Crippen LogP contribution is 2.30. The Hall–Kier alpha value is -1.88. The van der Waals surface area contributed by atoms with Gasteiger partial charge in [-0.25, -0.2) is 9.97 Å². The molecule has 4 rings (SSSR count). The van der Waals surface area contributed by atoms with E-state index >= 15 is 0 Å². The molecule has 0 amide bonds. The zero-order chi connectivity index (χ0) is 14.9. The van der Waals surface area contributed by atoms with Crippen molar-refractivity contribution in [1.82, 2.24) is 15.0 Å². The maximum atomic E-state index is 4.54. The number of hydrogen-bond acceptors (Lipinski definition) is 3. The third-order valence-corrected chi connectivity index (χ3v) is 4.74. The first-order valence-electron chi connectivity index (χ1n) is 7.66. The van der Waals surface area contributed by atoms with Crippen LogP contribution in [0.5, 0.6) is 0 Å². The fourth-order valence-electron chi connectivity index (χ4n) is 3.07. The van der Waals surface area contributed by atoms with E-state index in [2.05, 4.69) is 66.1 Å². The molecule has 112 valence electrons. The van der Waals surface area contributed by atoms with Gasteiger partial charge >= 0.3 is 0 Å². The lowest BCUT2D eigenvalue weighted by molar-refractivity contribution is 0.574. The second-order valence-corrected chi connectivity index (χ2v) is 6.61. The van der Waals surface area contributed by atoms with Crippen molar-refractivity contribution in [3.63, 3.8) is 0 Å². The normalized spacial score (nSPS) is 15.4. The van der Waals surface area contributed by atoms with E-state index < -0.39 is 0 Å². The lowest BCUT2D eigenvalue weighted by Crippen LogP contribution is -2.30. The van der Waals surface area contributed by atoms with Crippen molar-refractivity contribution >= 4 is 32.8 Å². The summed E-state index contributed by atoms with van der Waals surface area (Å²) in [5.74, 6) is 1.06. The van der Waals surface area contributed by atoms with Crippen molar-refractivity contribution in [3.8, 4) is 11.3 Å². The second kappa shape index (κ2) is 5.72. The Bertz CT molecular complexity index is 788. The first-order chi connectivity index (χ1) is 10.8. The largest absolute Gasteiger partial charge is 0.356 e. The Morgan fingerprint density at radius 3 is 2.55 bits per heavy atom. The number of H-pyrrole nitrogens is 1. The third kappa shape index (κ3) is 2.50. The molecule has 3 heterocycles. The maximum Gasteiger partial charge on any atom is 0.143 e. The molecule has 0 spiro atoms. The van der Waals surface area contributed by atoms with Crippen molar-refractivity contribution in [1.29, 1.82) is 0 Å². The number of anilines is 1. The Labute approximate surface area is 137 Å². The molecule has 0 aliphatic carbocycles. The van der Waals surface area contributed by atoms with Gasteiger partial charge in [-0.1, -0.05) is 28.1 Å². The summed E-state index contributed by atoms with van der Waals surface area (Å²) in [6.45, 7) is 2.18. The molecule has 22 heavy (non-hydrogen) atoms. The van der Waals surface area contributed by atoms with Crippen LogP contribution in [-0.4, -0.2) is 28.0 Å². The van der Waals surface area contributed by atoms with E-state index in [1.807, 2.05) is 0 Å². The number of fused-ring (bicyclic) bond motifs is 1. The van der Waals surface area contributed by atoms with Crippen LogP contribution in [0.15, 0.2) is 41.1 Å². The lowest BCUT2D eigenvalue weighted by Gasteiger charge is -2.27. The van der Waals surface area contributed by atoms with Gasteiger partial charge in [0, 0.05) is 23.3 Å². The standard InChI is InChI=1S/C17H17BrN4/c18-13-6-4-12(5-7-13)15-10-14-16(21-15)19-11-20-17(14)22-8-2-1-3-9-22/h4-7,10-11H,1-3,8-9H2,(H,19,20,21). The van der Waals surface area contributed by atoms with Crippen molar-refractivity contribution < 1.29 is 0 Å². The molecule has 4 nitrogen and oxygen atoms in total.